The summed E-state index contributed by atoms with van der Waals surface area (Å²) < 4.78 is 171. The zero-order valence-corrected chi connectivity index (χ0v) is 10.6. The van der Waals surface area contributed by atoms with Crippen LogP contribution in [-0.4, -0.2) is 125 Å². The summed E-state index contributed by atoms with van der Waals surface area (Å²) in [5.74, 6) is -4.77. The van der Waals surface area contributed by atoms with Crippen LogP contribution >= 0.6 is 0 Å². The second-order valence-corrected chi connectivity index (χ2v) is 3.88. The van der Waals surface area contributed by atoms with Gasteiger partial charge in [0.05, 0.1) is 31.0 Å². The fraction of sp³-hybridized carbons (Fsp3) is 1.00. The zero-order chi connectivity index (χ0) is 34.1. The van der Waals surface area contributed by atoms with Gasteiger partial charge in [-0.2, -0.15) is 0 Å². The topological polar surface area (TPSA) is 190 Å². The smallest absolute Gasteiger partial charge is 0.224 e. The first-order chi connectivity index (χ1) is 19.2. The molecule has 11 nitrogen and oxygen atoms in total. The van der Waals surface area contributed by atoms with Crippen molar-refractivity contribution in [1.82, 2.24) is 0 Å². The molecule has 2 aliphatic heterocycles. The molecule has 2 aliphatic rings. The van der Waals surface area contributed by atoms with E-state index < -0.39 is 74.3 Å². The van der Waals surface area contributed by atoms with E-state index in [9.17, 15) is 5.11 Å². The Bertz CT molecular complexity index is 1050. The highest BCUT2D eigenvalue weighted by atomic mass is 16.8. The van der Waals surface area contributed by atoms with Crippen molar-refractivity contribution < 1.29 is 72.9 Å². The molecule has 2 saturated heterocycles. The van der Waals surface area contributed by atoms with Gasteiger partial charge in [-0.05, 0) is 0 Å². The van der Waals surface area contributed by atoms with Crippen molar-refractivity contribution in [1.29, 1.82) is 10.0 Å². The minimum absolute atomic E-state index is 3.32. The SMILES string of the molecule is [2H]OC([2H])([2H])[C@@]1(O[C@@]2([2H])O[C@]([2H])(C([2H])O)[C@@]([2H])(O[2H])[C@]([2H])(O[2H])[C@@]2([2H])O[2H])O[C@]([2H])(C([2H])([2H])O[2H])[C@@]([2H])(O[2H])[C@]1([2H])O[2H]. The highest BCUT2D eigenvalue weighted by molar-refractivity contribution is 4.98. The van der Waals surface area contributed by atoms with E-state index in [4.69, 9.17) is 37.3 Å². The van der Waals surface area contributed by atoms with Gasteiger partial charge < -0.3 is 55.1 Å². The van der Waals surface area contributed by atoms with Crippen molar-refractivity contribution in [3.63, 3.8) is 0 Å². The first kappa shape index (κ1) is 5.53. The first-order valence-corrected chi connectivity index (χ1v) is 5.45. The van der Waals surface area contributed by atoms with Crippen molar-refractivity contribution in [3.8, 4) is 0 Å². The predicted molar refractivity (Wildman–Crippen MR) is 68.6 cm³/mol. The molecule has 2 heterocycles. The fourth-order valence-corrected chi connectivity index (χ4v) is 1.49. The molecule has 0 aromatic rings. The van der Waals surface area contributed by atoms with Gasteiger partial charge in [-0.25, -0.2) is 0 Å². The molecule has 10 atom stereocenters. The number of ether oxygens (including phenoxy) is 3. The Kier molecular flexibility index (Phi) is 1.73. The van der Waals surface area contributed by atoms with Gasteiger partial charge in [0.25, 0.3) is 0 Å². The number of hydrogen-bond acceptors (Lipinski definition) is 11. The lowest BCUT2D eigenvalue weighted by atomic mass is 9.99. The summed E-state index contributed by atoms with van der Waals surface area (Å²) >= 11 is 0. The van der Waals surface area contributed by atoms with Crippen molar-refractivity contribution >= 4 is 0 Å². The van der Waals surface area contributed by atoms with Crippen molar-refractivity contribution in [2.45, 2.75) is 54.6 Å². The standard InChI is InChI=1S/C12H22O11/c13-1-4-6(16)8(18)9(19)11(21-4)23-12(3-15)10(20)7(17)5(2-14)22-12/h4-11,13-20H,1-3H2/t4-,5-,6-,7-,8+,9-,10+,11-,12+/m1/s1/i1D,2D2,3D2,4D,5D,6D,7D,8D,9D,10D,11D,14D,15D,16D,17D,18D,19D,20D/t1?,4-,5-,6-,7-,8+,9-,10+,11-,12+. The molecule has 23 heavy (non-hydrogen) atoms. The molecule has 1 unspecified atom stereocenters. The van der Waals surface area contributed by atoms with E-state index in [1.54, 1.807) is 0 Å². The fourth-order valence-electron chi connectivity index (χ4n) is 1.49. The Balaban J connectivity index is 3.18. The molecule has 0 amide bonds. The van der Waals surface area contributed by atoms with Crippen molar-refractivity contribution in [3.05, 3.63) is 0 Å². The Morgan fingerprint density at radius 1 is 1.04 bits per heavy atom. The summed E-state index contributed by atoms with van der Waals surface area (Å²) in [5, 5.41) is 37.0. The molecular weight excluding hydrogens is 320 g/mol. The van der Waals surface area contributed by atoms with Gasteiger partial charge in [0.2, 0.25) is 15.8 Å². The second-order valence-electron chi connectivity index (χ2n) is 3.88. The maximum Gasteiger partial charge on any atom is 0.224 e. The van der Waals surface area contributed by atoms with Gasteiger partial charge in [-0.1, -0.05) is 0 Å². The van der Waals surface area contributed by atoms with E-state index in [0.717, 1.165) is 0 Å². The normalized spacial score (nSPS) is 91.5. The maximum absolute atomic E-state index is 9.97. The van der Waals surface area contributed by atoms with Crippen LogP contribution in [-0.2, 0) is 14.2 Å². The third-order valence-corrected chi connectivity index (χ3v) is 2.56. The van der Waals surface area contributed by atoms with Crippen LogP contribution < -0.4 is 0 Å². The van der Waals surface area contributed by atoms with Crippen molar-refractivity contribution in [2.75, 3.05) is 19.7 Å². The van der Waals surface area contributed by atoms with Crippen molar-refractivity contribution in [2.24, 2.45) is 0 Å². The molecule has 0 saturated carbocycles. The summed E-state index contributed by atoms with van der Waals surface area (Å²) in [7, 11) is 0. The minimum atomic E-state index is -4.77. The molecule has 136 valence electrons. The molecule has 0 bridgehead atoms. The summed E-state index contributed by atoms with van der Waals surface area (Å²) in [6.07, 6.45) is -35.5. The Labute approximate surface area is 159 Å². The molecule has 0 radical (unpaired) electrons. The van der Waals surface area contributed by atoms with Crippen LogP contribution in [0.2, 0.25) is 0 Å². The highest BCUT2D eigenvalue weighted by Gasteiger charge is 2.58. The summed E-state index contributed by atoms with van der Waals surface area (Å²) in [5.41, 5.74) is 0. The summed E-state index contributed by atoms with van der Waals surface area (Å²) in [4.78, 5) is 0. The number of hydrogen-bond donors (Lipinski definition) is 8. The number of aliphatic hydroxyl groups excluding tert-OH is 1. The van der Waals surface area contributed by atoms with E-state index in [1.165, 1.54) is 0 Å². The minimum Gasteiger partial charge on any atom is -0.394 e. The van der Waals surface area contributed by atoms with Gasteiger partial charge in [-0.15, -0.1) is 0 Å². The van der Waals surface area contributed by atoms with E-state index in [2.05, 4.69) is 40.5 Å². The van der Waals surface area contributed by atoms with Crippen LogP contribution in [0.4, 0.5) is 0 Å². The van der Waals surface area contributed by atoms with Crippen LogP contribution in [0.15, 0.2) is 0 Å². The summed E-state index contributed by atoms with van der Waals surface area (Å²) in [6, 6.07) is 0. The van der Waals surface area contributed by atoms with Crippen LogP contribution in [0.5, 0.6) is 0 Å². The average Bonchev–Trinajstić information content (AvgIpc) is 3.12. The second kappa shape index (κ2) is 7.21. The lowest BCUT2D eigenvalue weighted by Gasteiger charge is -2.43. The predicted octanol–water partition coefficient (Wildman–Crippen LogP) is -5.40. The molecular formula is C12H22O11. The Morgan fingerprint density at radius 2 is 1.87 bits per heavy atom. The quantitative estimate of drug-likeness (QED) is 0.165. The van der Waals surface area contributed by atoms with Gasteiger partial charge >= 0.3 is 0 Å². The molecule has 11 heteroatoms. The molecule has 2 fully saturated rings. The van der Waals surface area contributed by atoms with Crippen LogP contribution in [0, 0.1) is 0 Å². The molecule has 0 spiro atoms. The van der Waals surface area contributed by atoms with Crippen LogP contribution in [0.3, 0.4) is 0 Å². The van der Waals surface area contributed by atoms with E-state index in [0.29, 0.717) is 0 Å². The lowest BCUT2D eigenvalue weighted by molar-refractivity contribution is -0.383. The highest BCUT2D eigenvalue weighted by Crippen LogP contribution is 2.35. The maximum atomic E-state index is 9.97. The molecule has 0 aromatic carbocycles. The van der Waals surface area contributed by atoms with Gasteiger partial charge in [0.15, 0.2) is 6.27 Å². The summed E-state index contributed by atoms with van der Waals surface area (Å²) in [6.45, 7) is -12.0. The number of aliphatic hydroxyl groups is 8. The molecule has 8 N–H and O–H groups in total. The third-order valence-electron chi connectivity index (χ3n) is 2.56. The van der Waals surface area contributed by atoms with Crippen LogP contribution in [0.25, 0.3) is 0 Å². The van der Waals surface area contributed by atoms with E-state index in [-0.39, 0.29) is 0 Å². The van der Waals surface area contributed by atoms with Gasteiger partial charge in [0, 0.05) is 0 Å². The Morgan fingerprint density at radius 3 is 2.48 bits per heavy atom. The number of rotatable bonds is 12. The zero-order valence-electron chi connectivity index (χ0n) is 30.6. The lowest BCUT2D eigenvalue weighted by Crippen LogP contribution is -2.62. The van der Waals surface area contributed by atoms with E-state index >= 15 is 0 Å². The average molecular weight is 362 g/mol. The van der Waals surface area contributed by atoms with Gasteiger partial charge in [-0.3, -0.25) is 0 Å². The van der Waals surface area contributed by atoms with E-state index in [1.807, 2.05) is 0 Å². The molecule has 0 aliphatic carbocycles. The van der Waals surface area contributed by atoms with Gasteiger partial charge in [0.1, 0.15) is 49.1 Å². The largest absolute Gasteiger partial charge is 0.394 e. The third kappa shape index (κ3) is 3.23. The molecule has 2 rings (SSSR count). The molecule has 0 aromatic heterocycles. The monoisotopic (exact) mass is 362 g/mol. The van der Waals surface area contributed by atoms with Crippen LogP contribution in [0.1, 0.15) is 17.8 Å². The first-order valence-electron chi connectivity index (χ1n) is 14.9. The Hall–Kier alpha value is -0.440.